The number of oxazole rings is 1. The number of rotatable bonds is 4. The third-order valence-corrected chi connectivity index (χ3v) is 6.38. The van der Waals surface area contributed by atoms with E-state index in [9.17, 15) is 8.42 Å². The van der Waals surface area contributed by atoms with E-state index < -0.39 is 9.84 Å². The predicted octanol–water partition coefficient (Wildman–Crippen LogP) is 3.63. The molecule has 0 spiro atoms. The molecule has 0 bridgehead atoms. The van der Waals surface area contributed by atoms with Crippen LogP contribution in [0.15, 0.2) is 62.9 Å². The molecule has 2 aromatic carbocycles. The Morgan fingerprint density at radius 1 is 0.964 bits per heavy atom. The molecule has 0 saturated carbocycles. The number of aromatic nitrogens is 1. The predicted molar refractivity (Wildman–Crippen MR) is 106 cm³/mol. The van der Waals surface area contributed by atoms with E-state index in [4.69, 9.17) is 9.15 Å². The van der Waals surface area contributed by atoms with Crippen LogP contribution in [0, 0.1) is 13.8 Å². The number of sulfone groups is 1. The smallest absolute Gasteiger partial charge is 0.236 e. The molecule has 3 aromatic rings. The van der Waals surface area contributed by atoms with Gasteiger partial charge in [-0.05, 0) is 43.7 Å². The fourth-order valence-corrected chi connectivity index (χ4v) is 4.58. The summed E-state index contributed by atoms with van der Waals surface area (Å²) in [6.45, 7) is 6.00. The summed E-state index contributed by atoms with van der Waals surface area (Å²) in [7, 11) is -3.82. The van der Waals surface area contributed by atoms with Gasteiger partial charge < -0.3 is 14.1 Å². The summed E-state index contributed by atoms with van der Waals surface area (Å²) in [6, 6.07) is 14.5. The van der Waals surface area contributed by atoms with E-state index in [0.717, 1.165) is 16.7 Å². The minimum absolute atomic E-state index is 0.0458. The fourth-order valence-electron chi connectivity index (χ4n) is 3.15. The van der Waals surface area contributed by atoms with Crippen LogP contribution in [0.2, 0.25) is 0 Å². The van der Waals surface area contributed by atoms with Gasteiger partial charge in [0.25, 0.3) is 0 Å². The Labute approximate surface area is 164 Å². The van der Waals surface area contributed by atoms with Gasteiger partial charge in [-0.15, -0.1) is 0 Å². The lowest BCUT2D eigenvalue weighted by Crippen LogP contribution is -2.36. The summed E-state index contributed by atoms with van der Waals surface area (Å²) in [5, 5.41) is -0.0458. The lowest BCUT2D eigenvalue weighted by Gasteiger charge is -2.26. The third kappa shape index (κ3) is 3.55. The number of hydrogen-bond donors (Lipinski definition) is 0. The molecule has 6 nitrogen and oxygen atoms in total. The van der Waals surface area contributed by atoms with Crippen LogP contribution in [0.25, 0.3) is 11.5 Å². The molecule has 0 unspecified atom stereocenters. The third-order valence-electron chi connectivity index (χ3n) is 4.73. The van der Waals surface area contributed by atoms with Crippen molar-refractivity contribution < 1.29 is 17.6 Å². The molecule has 7 heteroatoms. The monoisotopic (exact) mass is 398 g/mol. The van der Waals surface area contributed by atoms with E-state index in [1.165, 1.54) is 0 Å². The van der Waals surface area contributed by atoms with Crippen LogP contribution in [0.1, 0.15) is 11.1 Å². The highest BCUT2D eigenvalue weighted by molar-refractivity contribution is 7.91. The largest absolute Gasteiger partial charge is 0.419 e. The number of anilines is 1. The minimum atomic E-state index is -3.82. The summed E-state index contributed by atoms with van der Waals surface area (Å²) in [6.07, 6.45) is 0. The normalized spacial score (nSPS) is 15.0. The summed E-state index contributed by atoms with van der Waals surface area (Å²) >= 11 is 0. The Kier molecular flexibility index (Phi) is 4.95. The first-order chi connectivity index (χ1) is 13.4. The van der Waals surface area contributed by atoms with Gasteiger partial charge in [-0.1, -0.05) is 29.8 Å². The highest BCUT2D eigenvalue weighted by Crippen LogP contribution is 2.35. The molecule has 0 aliphatic carbocycles. The topological polar surface area (TPSA) is 72.6 Å². The molecular formula is C21H22N2O4S. The van der Waals surface area contributed by atoms with Crippen LogP contribution in [-0.2, 0) is 14.6 Å². The van der Waals surface area contributed by atoms with Crippen LogP contribution in [0.3, 0.4) is 0 Å². The van der Waals surface area contributed by atoms with Gasteiger partial charge in [0, 0.05) is 18.7 Å². The average molecular weight is 398 g/mol. The lowest BCUT2D eigenvalue weighted by atomic mass is 10.1. The second-order valence-electron chi connectivity index (χ2n) is 6.91. The lowest BCUT2D eigenvalue weighted by molar-refractivity contribution is 0.120. The zero-order valence-corrected chi connectivity index (χ0v) is 16.7. The van der Waals surface area contributed by atoms with Crippen LogP contribution in [-0.4, -0.2) is 39.7 Å². The van der Waals surface area contributed by atoms with Gasteiger partial charge in [-0.25, -0.2) is 8.42 Å². The van der Waals surface area contributed by atoms with E-state index in [1.54, 1.807) is 18.2 Å². The van der Waals surface area contributed by atoms with Crippen LogP contribution < -0.4 is 4.90 Å². The molecule has 1 aromatic heterocycles. The minimum Gasteiger partial charge on any atom is -0.419 e. The number of nitrogens with zero attached hydrogens (tertiary/aromatic N) is 2. The summed E-state index contributed by atoms with van der Waals surface area (Å²) in [5.74, 6) is 0.577. The summed E-state index contributed by atoms with van der Waals surface area (Å²) in [5.41, 5.74) is 2.72. The Morgan fingerprint density at radius 2 is 1.68 bits per heavy atom. The van der Waals surface area contributed by atoms with Crippen molar-refractivity contribution in [2.24, 2.45) is 0 Å². The van der Waals surface area contributed by atoms with Crippen LogP contribution >= 0.6 is 0 Å². The van der Waals surface area contributed by atoms with Gasteiger partial charge in [-0.2, -0.15) is 4.98 Å². The van der Waals surface area contributed by atoms with Crippen molar-refractivity contribution in [1.29, 1.82) is 0 Å². The molecule has 1 aliphatic heterocycles. The second-order valence-corrected chi connectivity index (χ2v) is 8.78. The zero-order valence-electron chi connectivity index (χ0n) is 15.9. The van der Waals surface area contributed by atoms with Crippen molar-refractivity contribution >= 4 is 15.7 Å². The second kappa shape index (κ2) is 7.41. The first-order valence-corrected chi connectivity index (χ1v) is 10.7. The maximum absolute atomic E-state index is 13.4. The number of morpholine rings is 1. The van der Waals surface area contributed by atoms with E-state index >= 15 is 0 Å². The molecule has 1 aliphatic rings. The molecule has 0 atom stereocenters. The van der Waals surface area contributed by atoms with E-state index in [1.807, 2.05) is 49.1 Å². The summed E-state index contributed by atoms with van der Waals surface area (Å²) < 4.78 is 38.1. The molecule has 0 amide bonds. The van der Waals surface area contributed by atoms with E-state index in [2.05, 4.69) is 4.98 Å². The van der Waals surface area contributed by atoms with Crippen molar-refractivity contribution in [3.05, 3.63) is 59.7 Å². The molecular weight excluding hydrogens is 376 g/mol. The number of hydrogen-bond acceptors (Lipinski definition) is 6. The van der Waals surface area contributed by atoms with Crippen molar-refractivity contribution in [3.8, 4) is 11.5 Å². The van der Waals surface area contributed by atoms with Gasteiger partial charge in [-0.3, -0.25) is 0 Å². The van der Waals surface area contributed by atoms with E-state index in [-0.39, 0.29) is 15.8 Å². The maximum Gasteiger partial charge on any atom is 0.236 e. The molecule has 0 radical (unpaired) electrons. The standard InChI is InChI=1S/C21H22N2O4S/c1-15-6-8-17(9-7-15)19-22-20(21(27-19)23-10-12-26-13-11-23)28(24,25)18-5-3-4-16(2)14-18/h3-9,14H,10-13H2,1-2H3. The molecule has 1 fully saturated rings. The molecule has 2 heterocycles. The maximum atomic E-state index is 13.4. The van der Waals surface area contributed by atoms with Gasteiger partial charge in [0.2, 0.25) is 26.6 Å². The first kappa shape index (κ1) is 18.7. The Balaban J connectivity index is 1.85. The molecule has 0 N–H and O–H groups in total. The quantitative estimate of drug-likeness (QED) is 0.668. The molecule has 4 rings (SSSR count). The molecule has 28 heavy (non-hydrogen) atoms. The van der Waals surface area contributed by atoms with Crippen LogP contribution in [0.5, 0.6) is 0 Å². The average Bonchev–Trinajstić information content (AvgIpc) is 3.15. The van der Waals surface area contributed by atoms with Gasteiger partial charge >= 0.3 is 0 Å². The SMILES string of the molecule is Cc1ccc(-c2nc(S(=O)(=O)c3cccc(C)c3)c(N3CCOCC3)o2)cc1. The Morgan fingerprint density at radius 3 is 2.36 bits per heavy atom. The molecule has 146 valence electrons. The molecule has 1 saturated heterocycles. The highest BCUT2D eigenvalue weighted by Gasteiger charge is 2.32. The Hall–Kier alpha value is -2.64. The first-order valence-electron chi connectivity index (χ1n) is 9.17. The van der Waals surface area contributed by atoms with Crippen molar-refractivity contribution in [1.82, 2.24) is 4.98 Å². The number of ether oxygens (including phenoxy) is 1. The number of aryl methyl sites for hydroxylation is 2. The van der Waals surface area contributed by atoms with Crippen molar-refractivity contribution in [3.63, 3.8) is 0 Å². The zero-order chi connectivity index (χ0) is 19.7. The van der Waals surface area contributed by atoms with Gasteiger partial charge in [0.05, 0.1) is 18.1 Å². The van der Waals surface area contributed by atoms with Gasteiger partial charge in [0.1, 0.15) is 0 Å². The van der Waals surface area contributed by atoms with Crippen molar-refractivity contribution in [2.45, 2.75) is 23.8 Å². The van der Waals surface area contributed by atoms with Gasteiger partial charge in [0.15, 0.2) is 0 Å². The van der Waals surface area contributed by atoms with E-state index in [0.29, 0.717) is 32.2 Å². The summed E-state index contributed by atoms with van der Waals surface area (Å²) in [4.78, 5) is 6.53. The fraction of sp³-hybridized carbons (Fsp3) is 0.286. The highest BCUT2D eigenvalue weighted by atomic mass is 32.2. The Bertz CT molecular complexity index is 1080. The van der Waals surface area contributed by atoms with Crippen LogP contribution in [0.4, 0.5) is 5.88 Å². The number of benzene rings is 2. The van der Waals surface area contributed by atoms with Crippen molar-refractivity contribution in [2.75, 3.05) is 31.2 Å².